The first-order valence-electron chi connectivity index (χ1n) is 19.1. The predicted molar refractivity (Wildman–Crippen MR) is 230 cm³/mol. The van der Waals surface area contributed by atoms with Crippen LogP contribution in [-0.4, -0.2) is 24.1 Å². The molecule has 5 heteroatoms. The topological polar surface area (TPSA) is 48.5 Å². The van der Waals surface area contributed by atoms with Crippen LogP contribution in [0.15, 0.2) is 201 Å². The Morgan fingerprint density at radius 2 is 0.964 bits per heavy atom. The fourth-order valence-electron chi connectivity index (χ4n) is 8.99. The first kappa shape index (κ1) is 32.1. The molecule has 1 aliphatic carbocycles. The standard InChI is InChI=1S/C51H35N5/c1-4-14-35(15-5-1)38-28-29-51(39-16-6-2-7-17-39,50-53-33-52-34-54-50)49(32-38)56-46-23-13-11-21-42(46)44-31-37(25-27-48(44)56)36-24-26-47-43(30-36)41-20-10-12-22-45(41)55(47)40-18-8-3-9-19-40/h1-28,30-34H,29H2. The molecule has 1 atom stereocenters. The van der Waals surface area contributed by atoms with Gasteiger partial charge in [-0.3, -0.25) is 0 Å². The Balaban J connectivity index is 1.15. The van der Waals surface area contributed by atoms with Gasteiger partial charge in [-0.25, -0.2) is 15.0 Å². The van der Waals surface area contributed by atoms with Gasteiger partial charge in [-0.05, 0) is 88.9 Å². The molecule has 0 fully saturated rings. The van der Waals surface area contributed by atoms with Crippen molar-refractivity contribution in [3.05, 3.63) is 218 Å². The van der Waals surface area contributed by atoms with Crippen LogP contribution in [-0.2, 0) is 5.41 Å². The highest BCUT2D eigenvalue weighted by Crippen LogP contribution is 2.50. The number of hydrogen-bond acceptors (Lipinski definition) is 3. The first-order chi connectivity index (χ1) is 27.8. The maximum atomic E-state index is 4.88. The molecule has 0 radical (unpaired) electrons. The van der Waals surface area contributed by atoms with Crippen LogP contribution in [0.3, 0.4) is 0 Å². The Labute approximate surface area is 324 Å². The van der Waals surface area contributed by atoms with Crippen LogP contribution in [0.25, 0.3) is 71.7 Å². The maximum Gasteiger partial charge on any atom is 0.148 e. The molecule has 0 spiro atoms. The molecule has 11 rings (SSSR count). The summed E-state index contributed by atoms with van der Waals surface area (Å²) in [6, 6.07) is 63.3. The van der Waals surface area contributed by atoms with E-state index in [1.807, 2.05) is 0 Å². The molecule has 1 unspecified atom stereocenters. The van der Waals surface area contributed by atoms with Gasteiger partial charge in [0.15, 0.2) is 0 Å². The largest absolute Gasteiger partial charge is 0.312 e. The number of allylic oxidation sites excluding steroid dienone is 4. The zero-order chi connectivity index (χ0) is 37.1. The fourth-order valence-corrected chi connectivity index (χ4v) is 8.99. The Kier molecular flexibility index (Phi) is 7.39. The molecule has 0 N–H and O–H groups in total. The van der Waals surface area contributed by atoms with Crippen molar-refractivity contribution in [3.63, 3.8) is 0 Å². The Bertz CT molecular complexity index is 3100. The summed E-state index contributed by atoms with van der Waals surface area (Å²) in [5.41, 5.74) is 12.1. The van der Waals surface area contributed by atoms with E-state index in [1.54, 1.807) is 12.7 Å². The van der Waals surface area contributed by atoms with E-state index in [9.17, 15) is 0 Å². The average molecular weight is 718 g/mol. The van der Waals surface area contributed by atoms with E-state index in [1.165, 1.54) is 54.8 Å². The van der Waals surface area contributed by atoms with Gasteiger partial charge in [-0.1, -0.05) is 133 Å². The summed E-state index contributed by atoms with van der Waals surface area (Å²) < 4.78 is 4.82. The number of fused-ring (bicyclic) bond motifs is 6. The monoisotopic (exact) mass is 717 g/mol. The van der Waals surface area contributed by atoms with Crippen LogP contribution >= 0.6 is 0 Å². The normalized spacial score (nSPS) is 15.7. The van der Waals surface area contributed by atoms with E-state index in [2.05, 4.69) is 202 Å². The van der Waals surface area contributed by atoms with Crippen LogP contribution < -0.4 is 0 Å². The lowest BCUT2D eigenvalue weighted by atomic mass is 9.70. The fraction of sp³-hybridized carbons (Fsp3) is 0.0392. The number of hydrogen-bond donors (Lipinski definition) is 0. The second-order valence-electron chi connectivity index (χ2n) is 14.5. The van der Waals surface area contributed by atoms with Crippen molar-refractivity contribution in [1.29, 1.82) is 0 Å². The maximum absolute atomic E-state index is 4.88. The summed E-state index contributed by atoms with van der Waals surface area (Å²) in [6.45, 7) is 0. The second-order valence-corrected chi connectivity index (χ2v) is 14.5. The van der Waals surface area contributed by atoms with Gasteiger partial charge >= 0.3 is 0 Å². The third-order valence-corrected chi connectivity index (χ3v) is 11.5. The Hall–Kier alpha value is -7.37. The lowest BCUT2D eigenvalue weighted by Crippen LogP contribution is -2.35. The van der Waals surface area contributed by atoms with Gasteiger partial charge in [0.2, 0.25) is 0 Å². The molecule has 56 heavy (non-hydrogen) atoms. The van der Waals surface area contributed by atoms with E-state index >= 15 is 0 Å². The highest BCUT2D eigenvalue weighted by Gasteiger charge is 2.44. The summed E-state index contributed by atoms with van der Waals surface area (Å²) in [7, 11) is 0. The quantitative estimate of drug-likeness (QED) is 0.172. The van der Waals surface area contributed by atoms with Crippen molar-refractivity contribution >= 4 is 54.9 Å². The van der Waals surface area contributed by atoms with E-state index in [-0.39, 0.29) is 0 Å². The summed E-state index contributed by atoms with van der Waals surface area (Å²) >= 11 is 0. The lowest BCUT2D eigenvalue weighted by Gasteiger charge is -2.38. The zero-order valence-electron chi connectivity index (χ0n) is 30.5. The minimum atomic E-state index is -0.687. The molecular weight excluding hydrogens is 683 g/mol. The molecule has 3 heterocycles. The first-order valence-corrected chi connectivity index (χ1v) is 19.1. The van der Waals surface area contributed by atoms with E-state index in [0.29, 0.717) is 6.42 Å². The van der Waals surface area contributed by atoms with Gasteiger partial charge in [0.1, 0.15) is 18.5 Å². The van der Waals surface area contributed by atoms with Crippen molar-refractivity contribution in [2.75, 3.05) is 0 Å². The number of aromatic nitrogens is 5. The van der Waals surface area contributed by atoms with Crippen molar-refractivity contribution in [2.45, 2.75) is 11.8 Å². The number of para-hydroxylation sites is 3. The molecule has 0 saturated carbocycles. The van der Waals surface area contributed by atoms with Gasteiger partial charge < -0.3 is 9.13 Å². The van der Waals surface area contributed by atoms with Crippen LogP contribution in [0.1, 0.15) is 23.4 Å². The van der Waals surface area contributed by atoms with E-state index in [0.717, 1.165) is 33.8 Å². The third-order valence-electron chi connectivity index (χ3n) is 11.5. The molecule has 1 aliphatic rings. The highest BCUT2D eigenvalue weighted by atomic mass is 15.1. The molecule has 5 nitrogen and oxygen atoms in total. The molecule has 0 amide bonds. The molecule has 10 aromatic rings. The lowest BCUT2D eigenvalue weighted by molar-refractivity contribution is 0.593. The number of nitrogens with zero attached hydrogens (tertiary/aromatic N) is 5. The smallest absolute Gasteiger partial charge is 0.148 e. The van der Waals surface area contributed by atoms with E-state index < -0.39 is 5.41 Å². The van der Waals surface area contributed by atoms with Gasteiger partial charge in [-0.2, -0.15) is 0 Å². The summed E-state index contributed by atoms with van der Waals surface area (Å²) in [5, 5.41) is 4.87. The number of benzene rings is 7. The minimum Gasteiger partial charge on any atom is -0.312 e. The molecule has 7 aromatic carbocycles. The average Bonchev–Trinajstić information content (AvgIpc) is 3.79. The van der Waals surface area contributed by atoms with E-state index in [4.69, 9.17) is 9.97 Å². The van der Waals surface area contributed by atoms with Crippen LogP contribution in [0.5, 0.6) is 0 Å². The summed E-state index contributed by atoms with van der Waals surface area (Å²) in [5.74, 6) is 0.721. The van der Waals surface area contributed by atoms with Gasteiger partial charge in [-0.15, -0.1) is 0 Å². The van der Waals surface area contributed by atoms with Gasteiger partial charge in [0.05, 0.1) is 27.5 Å². The van der Waals surface area contributed by atoms with Crippen molar-refractivity contribution in [2.24, 2.45) is 0 Å². The zero-order valence-corrected chi connectivity index (χ0v) is 30.5. The Morgan fingerprint density at radius 1 is 0.446 bits per heavy atom. The SMILES string of the molecule is C1=C(c2ccccc2)C=C(n2c3ccccc3c3cc(-c4ccc5c(c4)c4ccccc4n5-c4ccccc4)ccc32)C(c2ccccc2)(c2ncncn2)C1. The summed E-state index contributed by atoms with van der Waals surface area (Å²) in [6.07, 6.45) is 8.61. The second kappa shape index (κ2) is 12.9. The summed E-state index contributed by atoms with van der Waals surface area (Å²) in [4.78, 5) is 14.0. The number of rotatable bonds is 6. The predicted octanol–water partition coefficient (Wildman–Crippen LogP) is 12.1. The molecule has 0 saturated heterocycles. The van der Waals surface area contributed by atoms with Crippen molar-refractivity contribution in [1.82, 2.24) is 24.1 Å². The van der Waals surface area contributed by atoms with Gasteiger partial charge in [0, 0.05) is 32.9 Å². The molecule has 0 bridgehead atoms. The highest BCUT2D eigenvalue weighted by molar-refractivity contribution is 6.13. The Morgan fingerprint density at radius 3 is 1.61 bits per heavy atom. The molecule has 3 aromatic heterocycles. The molecule has 264 valence electrons. The van der Waals surface area contributed by atoms with Crippen LogP contribution in [0.2, 0.25) is 0 Å². The minimum absolute atomic E-state index is 0.680. The molecular formula is C51H35N5. The van der Waals surface area contributed by atoms with Gasteiger partial charge in [0.25, 0.3) is 0 Å². The van der Waals surface area contributed by atoms with Crippen molar-refractivity contribution < 1.29 is 0 Å². The molecule has 0 aliphatic heterocycles. The van der Waals surface area contributed by atoms with Crippen LogP contribution in [0.4, 0.5) is 0 Å². The van der Waals surface area contributed by atoms with Crippen molar-refractivity contribution in [3.8, 4) is 16.8 Å². The van der Waals surface area contributed by atoms with Crippen LogP contribution in [0, 0.1) is 0 Å². The third kappa shape index (κ3) is 4.91.